The number of esters is 2. The minimum atomic E-state index is -1.20. The average Bonchev–Trinajstić information content (AvgIpc) is 2.75. The lowest BCUT2D eigenvalue weighted by molar-refractivity contribution is -0.179. The van der Waals surface area contributed by atoms with Crippen LogP contribution in [0.25, 0.3) is 0 Å². The van der Waals surface area contributed by atoms with Gasteiger partial charge in [-0.15, -0.1) is 0 Å². The molecule has 194 valence electrons. The maximum atomic E-state index is 13.6. The van der Waals surface area contributed by atoms with Crippen molar-refractivity contribution in [3.05, 3.63) is 23.3 Å². The summed E-state index contributed by atoms with van der Waals surface area (Å²) in [6.45, 7) is 11.2. The molecule has 0 heterocycles. The summed E-state index contributed by atoms with van der Waals surface area (Å²) in [5.41, 5.74) is 0.785. The molecular formula is C27H39NO7. The summed E-state index contributed by atoms with van der Waals surface area (Å²) in [4.78, 5) is 50.5. The molecule has 8 heteroatoms. The van der Waals surface area contributed by atoms with Gasteiger partial charge < -0.3 is 19.5 Å². The lowest BCUT2D eigenvalue weighted by atomic mass is 9.44. The van der Waals surface area contributed by atoms with Gasteiger partial charge in [0.2, 0.25) is 5.91 Å². The maximum absolute atomic E-state index is 13.6. The van der Waals surface area contributed by atoms with Crippen molar-refractivity contribution in [2.24, 2.45) is 28.6 Å². The number of rotatable bonds is 5. The summed E-state index contributed by atoms with van der Waals surface area (Å²) in [5.74, 6) is -2.30. The molecule has 0 aromatic rings. The number of allylic oxidation sites excluding steroid dienone is 2. The third kappa shape index (κ3) is 4.95. The van der Waals surface area contributed by atoms with Gasteiger partial charge in [-0.1, -0.05) is 44.9 Å². The molecule has 2 saturated carbocycles. The number of aliphatic hydroxyl groups is 1. The first-order valence-corrected chi connectivity index (χ1v) is 12.4. The van der Waals surface area contributed by atoms with Gasteiger partial charge in [-0.2, -0.15) is 0 Å². The molecule has 2 fully saturated rings. The third-order valence-electron chi connectivity index (χ3n) is 8.57. The molecule has 6 atom stereocenters. The molecule has 8 nitrogen and oxygen atoms in total. The summed E-state index contributed by atoms with van der Waals surface area (Å²) in [6.07, 6.45) is 3.79. The molecule has 1 N–H and O–H groups in total. The Morgan fingerprint density at radius 3 is 2.49 bits per heavy atom. The number of carbonyl (C=O) groups is 4. The molecule has 0 aliphatic heterocycles. The second-order valence-corrected chi connectivity index (χ2v) is 11.2. The van der Waals surface area contributed by atoms with E-state index < -0.39 is 34.7 Å². The zero-order valence-corrected chi connectivity index (χ0v) is 21.9. The van der Waals surface area contributed by atoms with Crippen molar-refractivity contribution in [2.45, 2.75) is 73.0 Å². The highest BCUT2D eigenvalue weighted by Crippen LogP contribution is 2.62. The topological polar surface area (TPSA) is 110 Å². The minimum Gasteiger partial charge on any atom is -0.462 e. The second-order valence-electron chi connectivity index (χ2n) is 11.2. The molecule has 0 saturated heterocycles. The van der Waals surface area contributed by atoms with Crippen LogP contribution in [0.5, 0.6) is 0 Å². The normalized spacial score (nSPS) is 34.9. The zero-order valence-electron chi connectivity index (χ0n) is 21.9. The van der Waals surface area contributed by atoms with E-state index in [1.54, 1.807) is 7.05 Å². The Labute approximate surface area is 207 Å². The van der Waals surface area contributed by atoms with Gasteiger partial charge in [0.15, 0.2) is 5.78 Å². The number of aliphatic hydroxyl groups excluding tert-OH is 1. The van der Waals surface area contributed by atoms with E-state index in [2.05, 4.69) is 13.0 Å². The Hall–Kier alpha value is -2.48. The summed E-state index contributed by atoms with van der Waals surface area (Å²) in [6, 6.07) is 0. The SMILES string of the molecule is CC(=O)OC1CCC2(C)C3=CCC(=CC(=O)OCCN(C)C(C)=O)C(C)C3C(O)C(=O)C2C1(C)C. The predicted octanol–water partition coefficient (Wildman–Crippen LogP) is 2.83. The van der Waals surface area contributed by atoms with Crippen LogP contribution in [0.1, 0.15) is 60.8 Å². The van der Waals surface area contributed by atoms with Gasteiger partial charge in [-0.05, 0) is 30.6 Å². The molecule has 1 amide bonds. The lowest BCUT2D eigenvalue weighted by Crippen LogP contribution is -2.63. The highest BCUT2D eigenvalue weighted by atomic mass is 16.5. The van der Waals surface area contributed by atoms with Crippen molar-refractivity contribution in [3.8, 4) is 0 Å². The van der Waals surface area contributed by atoms with Crippen LogP contribution in [0.15, 0.2) is 23.3 Å². The Bertz CT molecular complexity index is 965. The van der Waals surface area contributed by atoms with Crippen molar-refractivity contribution >= 4 is 23.6 Å². The number of fused-ring (bicyclic) bond motifs is 3. The van der Waals surface area contributed by atoms with Crippen molar-refractivity contribution in [1.29, 1.82) is 0 Å². The number of ketones is 1. The first kappa shape index (κ1) is 27.1. The van der Waals surface area contributed by atoms with Gasteiger partial charge in [0.1, 0.15) is 18.8 Å². The Kier molecular flexibility index (Phi) is 7.65. The van der Waals surface area contributed by atoms with Gasteiger partial charge >= 0.3 is 11.9 Å². The number of Topliss-reactive ketones (excluding diaryl/α,β-unsaturated/α-hetero) is 1. The minimum absolute atomic E-state index is 0.0943. The number of nitrogens with zero attached hydrogens (tertiary/aromatic N) is 1. The molecule has 35 heavy (non-hydrogen) atoms. The number of amides is 1. The van der Waals surface area contributed by atoms with Crippen LogP contribution in [0.2, 0.25) is 0 Å². The number of ether oxygens (including phenoxy) is 2. The van der Waals surface area contributed by atoms with E-state index >= 15 is 0 Å². The van der Waals surface area contributed by atoms with Crippen molar-refractivity contribution in [2.75, 3.05) is 20.2 Å². The van der Waals surface area contributed by atoms with Crippen LogP contribution in [-0.2, 0) is 28.7 Å². The summed E-state index contributed by atoms with van der Waals surface area (Å²) in [5, 5.41) is 11.2. The first-order valence-electron chi connectivity index (χ1n) is 12.4. The quantitative estimate of drug-likeness (QED) is 0.359. The van der Waals surface area contributed by atoms with Gasteiger partial charge in [0.05, 0.1) is 6.54 Å². The molecule has 6 unspecified atom stereocenters. The molecular weight excluding hydrogens is 450 g/mol. The fourth-order valence-electron chi connectivity index (χ4n) is 6.64. The number of hydrogen-bond donors (Lipinski definition) is 1. The molecule has 0 radical (unpaired) electrons. The van der Waals surface area contributed by atoms with Crippen molar-refractivity contribution < 1.29 is 33.8 Å². The van der Waals surface area contributed by atoms with Crippen LogP contribution in [0.4, 0.5) is 0 Å². The van der Waals surface area contributed by atoms with Crippen molar-refractivity contribution in [1.82, 2.24) is 4.90 Å². The maximum Gasteiger partial charge on any atom is 0.330 e. The monoisotopic (exact) mass is 489 g/mol. The summed E-state index contributed by atoms with van der Waals surface area (Å²) >= 11 is 0. The second kappa shape index (κ2) is 9.88. The van der Waals surface area contributed by atoms with Crippen LogP contribution in [-0.4, -0.2) is 66.0 Å². The summed E-state index contributed by atoms with van der Waals surface area (Å²) < 4.78 is 10.9. The molecule has 3 aliphatic carbocycles. The van der Waals surface area contributed by atoms with Crippen LogP contribution in [0.3, 0.4) is 0 Å². The first-order chi connectivity index (χ1) is 16.2. The zero-order chi connectivity index (χ0) is 26.3. The Morgan fingerprint density at radius 1 is 1.23 bits per heavy atom. The Balaban J connectivity index is 1.85. The van der Waals surface area contributed by atoms with E-state index in [1.165, 1.54) is 24.8 Å². The standard InChI is InChI=1S/C27H39NO7/c1-15-18(14-21(31)34-13-12-28(7)16(2)29)8-9-19-22(15)23(32)24(33)25-26(4,5)20(35-17(3)30)10-11-27(19,25)6/h9,14-15,20,22-23,25,32H,8,10-13H2,1-7H3. The highest BCUT2D eigenvalue weighted by molar-refractivity contribution is 5.90. The van der Waals surface area contributed by atoms with E-state index in [4.69, 9.17) is 9.47 Å². The predicted molar refractivity (Wildman–Crippen MR) is 129 cm³/mol. The molecule has 0 spiro atoms. The van der Waals surface area contributed by atoms with E-state index in [1.807, 2.05) is 20.8 Å². The summed E-state index contributed by atoms with van der Waals surface area (Å²) in [7, 11) is 1.64. The fourth-order valence-corrected chi connectivity index (χ4v) is 6.64. The van der Waals surface area contributed by atoms with Crippen molar-refractivity contribution in [3.63, 3.8) is 0 Å². The van der Waals surface area contributed by atoms with Crippen LogP contribution in [0, 0.1) is 28.6 Å². The molecule has 0 aromatic heterocycles. The number of hydrogen-bond acceptors (Lipinski definition) is 7. The smallest absolute Gasteiger partial charge is 0.330 e. The fraction of sp³-hybridized carbons (Fsp3) is 0.704. The van der Waals surface area contributed by atoms with Gasteiger partial charge in [-0.3, -0.25) is 14.4 Å². The Morgan fingerprint density at radius 2 is 1.89 bits per heavy atom. The van der Waals surface area contributed by atoms with E-state index in [9.17, 15) is 24.3 Å². The van der Waals surface area contributed by atoms with E-state index in [0.29, 0.717) is 25.8 Å². The van der Waals surface area contributed by atoms with Crippen LogP contribution >= 0.6 is 0 Å². The molecule has 0 aromatic carbocycles. The van der Waals surface area contributed by atoms with Gasteiger partial charge in [-0.25, -0.2) is 4.79 Å². The number of carbonyl (C=O) groups excluding carboxylic acids is 4. The molecule has 0 bridgehead atoms. The van der Waals surface area contributed by atoms with Gasteiger partial charge in [0.25, 0.3) is 0 Å². The molecule has 3 aliphatic rings. The number of likely N-dealkylation sites (N-methyl/N-ethyl adjacent to an activating group) is 1. The third-order valence-corrected chi connectivity index (χ3v) is 8.57. The highest BCUT2D eigenvalue weighted by Gasteiger charge is 2.63. The van der Waals surface area contributed by atoms with E-state index in [0.717, 1.165) is 11.1 Å². The van der Waals surface area contributed by atoms with Gasteiger partial charge in [0, 0.05) is 44.2 Å². The van der Waals surface area contributed by atoms with E-state index in [-0.39, 0.29) is 36.3 Å². The molecule has 3 rings (SSSR count). The average molecular weight is 490 g/mol. The van der Waals surface area contributed by atoms with Crippen LogP contribution < -0.4 is 0 Å². The lowest BCUT2D eigenvalue weighted by Gasteiger charge is -2.60. The largest absolute Gasteiger partial charge is 0.462 e.